The molecule has 0 fully saturated rings. The SMILES string of the molecule is CCc1nc2ccccc2n1CC(=O)NNC(=O)Cc1ccc(-c2ccccc2)cc1. The Hall–Kier alpha value is -3.93. The number of rotatable bonds is 6. The van der Waals surface area contributed by atoms with Gasteiger partial charge in [0.2, 0.25) is 5.91 Å². The lowest BCUT2D eigenvalue weighted by atomic mass is 10.0. The molecule has 4 rings (SSSR count). The zero-order valence-electron chi connectivity index (χ0n) is 17.3. The second-order valence-electron chi connectivity index (χ2n) is 7.29. The third kappa shape index (κ3) is 4.80. The number of imidazole rings is 1. The van der Waals surface area contributed by atoms with E-state index in [-0.39, 0.29) is 24.8 Å². The summed E-state index contributed by atoms with van der Waals surface area (Å²) in [4.78, 5) is 29.2. The summed E-state index contributed by atoms with van der Waals surface area (Å²) in [5.41, 5.74) is 9.87. The minimum Gasteiger partial charge on any atom is -0.318 e. The topological polar surface area (TPSA) is 76.0 Å². The van der Waals surface area contributed by atoms with Gasteiger partial charge >= 0.3 is 0 Å². The molecule has 0 atom stereocenters. The van der Waals surface area contributed by atoms with Gasteiger partial charge in [-0.15, -0.1) is 0 Å². The molecule has 1 heterocycles. The standard InChI is InChI=1S/C25H24N4O2/c1-2-23-26-21-10-6-7-11-22(21)29(23)17-25(31)28-27-24(30)16-18-12-14-20(15-13-18)19-8-4-3-5-9-19/h3-15H,2,16-17H2,1H3,(H,27,30)(H,28,31). The molecule has 6 nitrogen and oxygen atoms in total. The Morgan fingerprint density at radius 3 is 2.19 bits per heavy atom. The van der Waals surface area contributed by atoms with Gasteiger partial charge in [0.15, 0.2) is 0 Å². The highest BCUT2D eigenvalue weighted by Gasteiger charge is 2.13. The first-order chi connectivity index (χ1) is 15.1. The van der Waals surface area contributed by atoms with Crippen molar-refractivity contribution in [3.63, 3.8) is 0 Å². The molecule has 2 N–H and O–H groups in total. The van der Waals surface area contributed by atoms with Crippen LogP contribution in [0.1, 0.15) is 18.3 Å². The molecule has 0 bridgehead atoms. The summed E-state index contributed by atoms with van der Waals surface area (Å²) in [6.07, 6.45) is 0.900. The third-order valence-electron chi connectivity index (χ3n) is 5.12. The van der Waals surface area contributed by atoms with Crippen molar-refractivity contribution in [2.24, 2.45) is 0 Å². The van der Waals surface area contributed by atoms with E-state index in [9.17, 15) is 9.59 Å². The molecule has 4 aromatic rings. The van der Waals surface area contributed by atoms with E-state index < -0.39 is 0 Å². The average molecular weight is 412 g/mol. The fourth-order valence-electron chi connectivity index (χ4n) is 3.57. The summed E-state index contributed by atoms with van der Waals surface area (Å²) in [6, 6.07) is 25.6. The lowest BCUT2D eigenvalue weighted by Gasteiger charge is -2.10. The second kappa shape index (κ2) is 9.26. The van der Waals surface area contributed by atoms with Crippen LogP contribution in [0.5, 0.6) is 0 Å². The second-order valence-corrected chi connectivity index (χ2v) is 7.29. The fourth-order valence-corrected chi connectivity index (χ4v) is 3.57. The summed E-state index contributed by atoms with van der Waals surface area (Å²) in [7, 11) is 0. The Kier molecular flexibility index (Phi) is 6.08. The van der Waals surface area contributed by atoms with Gasteiger partial charge in [-0.05, 0) is 28.8 Å². The zero-order chi connectivity index (χ0) is 21.6. The van der Waals surface area contributed by atoms with Crippen LogP contribution in [-0.4, -0.2) is 21.4 Å². The van der Waals surface area contributed by atoms with E-state index in [0.717, 1.165) is 33.5 Å². The molecule has 156 valence electrons. The van der Waals surface area contributed by atoms with Crippen LogP contribution in [-0.2, 0) is 29.0 Å². The van der Waals surface area contributed by atoms with Crippen LogP contribution >= 0.6 is 0 Å². The summed E-state index contributed by atoms with van der Waals surface area (Å²) in [5.74, 6) is 0.263. The minimum atomic E-state index is -0.300. The molecule has 0 aliphatic heterocycles. The quantitative estimate of drug-likeness (QED) is 0.475. The maximum absolute atomic E-state index is 12.4. The predicted octanol–water partition coefficient (Wildman–Crippen LogP) is 3.66. The van der Waals surface area contributed by atoms with Gasteiger partial charge in [0.25, 0.3) is 5.91 Å². The number of aromatic nitrogens is 2. The van der Waals surface area contributed by atoms with Crippen LogP contribution in [0.2, 0.25) is 0 Å². The summed E-state index contributed by atoms with van der Waals surface area (Å²) in [6.45, 7) is 2.09. The van der Waals surface area contributed by atoms with Crippen molar-refractivity contribution in [2.75, 3.05) is 0 Å². The Labute approximate surface area is 180 Å². The fraction of sp³-hybridized carbons (Fsp3) is 0.160. The van der Waals surface area contributed by atoms with Crippen LogP contribution in [0.3, 0.4) is 0 Å². The number of amides is 2. The average Bonchev–Trinajstić information content (AvgIpc) is 3.16. The molecule has 0 spiro atoms. The van der Waals surface area contributed by atoms with E-state index in [1.54, 1.807) is 0 Å². The van der Waals surface area contributed by atoms with E-state index in [0.29, 0.717) is 6.42 Å². The summed E-state index contributed by atoms with van der Waals surface area (Å²) < 4.78 is 1.87. The highest BCUT2D eigenvalue weighted by Crippen LogP contribution is 2.19. The van der Waals surface area contributed by atoms with Gasteiger partial charge in [0.05, 0.1) is 17.5 Å². The van der Waals surface area contributed by atoms with Gasteiger partial charge in [-0.1, -0.05) is 73.7 Å². The van der Waals surface area contributed by atoms with E-state index in [4.69, 9.17) is 0 Å². The minimum absolute atomic E-state index is 0.0930. The molecule has 2 amide bonds. The monoisotopic (exact) mass is 412 g/mol. The molecule has 1 aromatic heterocycles. The molecular weight excluding hydrogens is 388 g/mol. The van der Waals surface area contributed by atoms with Gasteiger partial charge in [0.1, 0.15) is 12.4 Å². The first-order valence-electron chi connectivity index (χ1n) is 10.3. The van der Waals surface area contributed by atoms with Crippen molar-refractivity contribution in [1.82, 2.24) is 20.4 Å². The number of fused-ring (bicyclic) bond motifs is 1. The number of hydrogen-bond donors (Lipinski definition) is 2. The largest absolute Gasteiger partial charge is 0.318 e. The lowest BCUT2D eigenvalue weighted by Crippen LogP contribution is -2.43. The van der Waals surface area contributed by atoms with Crippen molar-refractivity contribution in [1.29, 1.82) is 0 Å². The van der Waals surface area contributed by atoms with E-state index >= 15 is 0 Å². The number of nitrogens with one attached hydrogen (secondary N) is 2. The van der Waals surface area contributed by atoms with Crippen molar-refractivity contribution in [3.8, 4) is 11.1 Å². The molecule has 3 aromatic carbocycles. The smallest absolute Gasteiger partial charge is 0.258 e. The van der Waals surface area contributed by atoms with Crippen molar-refractivity contribution < 1.29 is 9.59 Å². The Balaban J connectivity index is 1.32. The van der Waals surface area contributed by atoms with Crippen LogP contribution < -0.4 is 10.9 Å². The number of hydrogen-bond acceptors (Lipinski definition) is 3. The molecule has 0 aliphatic rings. The first-order valence-corrected chi connectivity index (χ1v) is 10.3. The normalized spacial score (nSPS) is 10.7. The molecule has 0 unspecified atom stereocenters. The molecule has 0 saturated heterocycles. The van der Waals surface area contributed by atoms with Gasteiger partial charge in [-0.3, -0.25) is 20.4 Å². The highest BCUT2D eigenvalue weighted by atomic mass is 16.2. The molecule has 0 saturated carbocycles. The first kappa shape index (κ1) is 20.3. The van der Waals surface area contributed by atoms with Gasteiger partial charge < -0.3 is 4.57 Å². The van der Waals surface area contributed by atoms with Crippen molar-refractivity contribution >= 4 is 22.8 Å². The molecule has 0 aliphatic carbocycles. The van der Waals surface area contributed by atoms with Gasteiger partial charge in [0, 0.05) is 6.42 Å². The Morgan fingerprint density at radius 2 is 1.45 bits per heavy atom. The lowest BCUT2D eigenvalue weighted by molar-refractivity contribution is -0.128. The van der Waals surface area contributed by atoms with E-state index in [1.165, 1.54) is 0 Å². The maximum Gasteiger partial charge on any atom is 0.258 e. The Morgan fingerprint density at radius 1 is 0.806 bits per heavy atom. The van der Waals surface area contributed by atoms with Crippen LogP contribution in [0.4, 0.5) is 0 Å². The number of hydrazine groups is 1. The maximum atomic E-state index is 12.4. The summed E-state index contributed by atoms with van der Waals surface area (Å²) >= 11 is 0. The highest BCUT2D eigenvalue weighted by molar-refractivity contribution is 5.84. The number of nitrogens with zero attached hydrogens (tertiary/aromatic N) is 2. The third-order valence-corrected chi connectivity index (χ3v) is 5.12. The molecule has 6 heteroatoms. The van der Waals surface area contributed by atoms with Crippen LogP contribution in [0.15, 0.2) is 78.9 Å². The summed E-state index contributed by atoms with van der Waals surface area (Å²) in [5, 5.41) is 0. The zero-order valence-corrected chi connectivity index (χ0v) is 17.3. The number of aryl methyl sites for hydroxylation is 1. The molecule has 31 heavy (non-hydrogen) atoms. The van der Waals surface area contributed by atoms with Crippen LogP contribution in [0.25, 0.3) is 22.2 Å². The van der Waals surface area contributed by atoms with Crippen molar-refractivity contribution in [2.45, 2.75) is 26.3 Å². The number of carbonyl (C=O) groups excluding carboxylic acids is 2. The van der Waals surface area contributed by atoms with E-state index in [2.05, 4.69) is 15.8 Å². The van der Waals surface area contributed by atoms with Gasteiger partial charge in [-0.2, -0.15) is 0 Å². The van der Waals surface area contributed by atoms with Gasteiger partial charge in [-0.25, -0.2) is 4.98 Å². The molecular formula is C25H24N4O2. The number of benzene rings is 3. The van der Waals surface area contributed by atoms with Crippen LogP contribution in [0, 0.1) is 0 Å². The number of para-hydroxylation sites is 2. The van der Waals surface area contributed by atoms with Crippen molar-refractivity contribution in [3.05, 3.63) is 90.3 Å². The van der Waals surface area contributed by atoms with E-state index in [1.807, 2.05) is 90.4 Å². The predicted molar refractivity (Wildman–Crippen MR) is 121 cm³/mol. The molecule has 0 radical (unpaired) electrons. The number of carbonyl (C=O) groups is 2. The Bertz CT molecular complexity index is 1200.